The monoisotopic (exact) mass is 345 g/mol. The van der Waals surface area contributed by atoms with Crippen molar-refractivity contribution in [1.82, 2.24) is 10.3 Å². The summed E-state index contributed by atoms with van der Waals surface area (Å²) >= 11 is 0. The summed E-state index contributed by atoms with van der Waals surface area (Å²) < 4.78 is 5.80. The van der Waals surface area contributed by atoms with Gasteiger partial charge in [0, 0.05) is 25.6 Å². The number of rotatable bonds is 5. The molecule has 1 saturated heterocycles. The largest absolute Gasteiger partial charge is 0.423 e. The van der Waals surface area contributed by atoms with Gasteiger partial charge in [0.25, 0.3) is 6.01 Å². The molecule has 136 valence electrons. The first-order chi connectivity index (χ1) is 11.9. The summed E-state index contributed by atoms with van der Waals surface area (Å²) in [5, 5.41) is 13.2. The maximum absolute atomic E-state index is 12.4. The van der Waals surface area contributed by atoms with E-state index in [1.807, 2.05) is 38.1 Å². The lowest BCUT2D eigenvalue weighted by molar-refractivity contribution is -0.127. The molecule has 3 rings (SSSR count). The Morgan fingerprint density at radius 1 is 1.40 bits per heavy atom. The Morgan fingerprint density at radius 2 is 2.08 bits per heavy atom. The molecule has 1 atom stereocenters. The lowest BCUT2D eigenvalue weighted by Crippen LogP contribution is -2.47. The van der Waals surface area contributed by atoms with Crippen LogP contribution >= 0.6 is 0 Å². The minimum absolute atomic E-state index is 0.0245. The normalized spacial score (nSPS) is 18.5. The maximum atomic E-state index is 12.4. The number of carbonyl (C=O) groups excluding carboxylic acids is 1. The fraction of sp³-hybridized carbons (Fsp3) is 0.579. The first-order valence-electron chi connectivity index (χ1n) is 8.97. The van der Waals surface area contributed by atoms with Crippen LogP contribution in [0, 0.1) is 11.8 Å². The molecule has 1 aromatic carbocycles. The van der Waals surface area contributed by atoms with E-state index in [1.54, 1.807) is 6.92 Å². The van der Waals surface area contributed by atoms with Gasteiger partial charge in [-0.15, -0.1) is 0 Å². The van der Waals surface area contributed by atoms with Crippen LogP contribution in [0.25, 0.3) is 11.1 Å². The molecule has 0 bridgehead atoms. The number of carbonyl (C=O) groups is 1. The highest BCUT2D eigenvalue weighted by Gasteiger charge is 2.30. The maximum Gasteiger partial charge on any atom is 0.298 e. The second kappa shape index (κ2) is 7.04. The summed E-state index contributed by atoms with van der Waals surface area (Å²) in [6.45, 7) is 7.43. The van der Waals surface area contributed by atoms with Crippen molar-refractivity contribution in [3.05, 3.63) is 24.3 Å². The predicted octanol–water partition coefficient (Wildman–Crippen LogP) is 2.57. The van der Waals surface area contributed by atoms with Gasteiger partial charge in [0.1, 0.15) is 5.52 Å². The van der Waals surface area contributed by atoms with Gasteiger partial charge in [-0.05, 0) is 37.8 Å². The van der Waals surface area contributed by atoms with Crippen molar-refractivity contribution in [2.24, 2.45) is 11.8 Å². The highest BCUT2D eigenvalue weighted by atomic mass is 16.4. The summed E-state index contributed by atoms with van der Waals surface area (Å²) in [4.78, 5) is 19.0. The van der Waals surface area contributed by atoms with Gasteiger partial charge >= 0.3 is 0 Å². The van der Waals surface area contributed by atoms with Crippen LogP contribution in [-0.2, 0) is 4.79 Å². The summed E-state index contributed by atoms with van der Waals surface area (Å²) in [6.07, 6.45) is 1.52. The van der Waals surface area contributed by atoms with Crippen LogP contribution in [0.15, 0.2) is 28.7 Å². The Labute approximate surface area is 148 Å². The standard InChI is InChI=1S/C19H27N3O3/c1-13(2)19(3,24)12-20-17(23)14-8-10-22(11-9-14)18-21-15-6-4-5-7-16(15)25-18/h4-7,13-14,24H,8-12H2,1-3H3,(H,20,23). The summed E-state index contributed by atoms with van der Waals surface area (Å²) in [6, 6.07) is 8.34. The molecule has 0 aliphatic carbocycles. The van der Waals surface area contributed by atoms with Crippen molar-refractivity contribution in [2.45, 2.75) is 39.2 Å². The number of nitrogens with zero attached hydrogens (tertiary/aromatic N) is 2. The van der Waals surface area contributed by atoms with Gasteiger partial charge in [-0.25, -0.2) is 0 Å². The zero-order valence-electron chi connectivity index (χ0n) is 15.2. The number of aromatic nitrogens is 1. The van der Waals surface area contributed by atoms with E-state index in [0.717, 1.165) is 37.0 Å². The molecule has 0 saturated carbocycles. The van der Waals surface area contributed by atoms with Crippen LogP contribution in [0.5, 0.6) is 0 Å². The molecule has 1 fully saturated rings. The number of oxazole rings is 1. The van der Waals surface area contributed by atoms with Crippen LogP contribution in [0.3, 0.4) is 0 Å². The molecule has 1 aromatic heterocycles. The average Bonchev–Trinajstić information content (AvgIpc) is 3.04. The van der Waals surface area contributed by atoms with Gasteiger partial charge < -0.3 is 19.7 Å². The van der Waals surface area contributed by atoms with Gasteiger partial charge in [0.15, 0.2) is 5.58 Å². The number of hydrogen-bond donors (Lipinski definition) is 2. The van der Waals surface area contributed by atoms with Crippen LogP contribution in [0.2, 0.25) is 0 Å². The Balaban J connectivity index is 1.53. The fourth-order valence-electron chi connectivity index (χ4n) is 2.94. The Morgan fingerprint density at radius 3 is 2.72 bits per heavy atom. The predicted molar refractivity (Wildman–Crippen MR) is 97.4 cm³/mol. The third-order valence-electron chi connectivity index (χ3n) is 5.28. The molecule has 2 aromatic rings. The number of benzene rings is 1. The van der Waals surface area contributed by atoms with Crippen molar-refractivity contribution in [2.75, 3.05) is 24.5 Å². The topological polar surface area (TPSA) is 78.6 Å². The van der Waals surface area contributed by atoms with Crippen LogP contribution in [0.4, 0.5) is 6.01 Å². The molecule has 0 radical (unpaired) electrons. The quantitative estimate of drug-likeness (QED) is 0.871. The number of fused-ring (bicyclic) bond motifs is 1. The van der Waals surface area contributed by atoms with E-state index in [4.69, 9.17) is 4.42 Å². The van der Waals surface area contributed by atoms with Crippen molar-refractivity contribution >= 4 is 23.0 Å². The number of aliphatic hydroxyl groups is 1. The zero-order valence-corrected chi connectivity index (χ0v) is 15.2. The fourth-order valence-corrected chi connectivity index (χ4v) is 2.94. The first kappa shape index (κ1) is 17.7. The van der Waals surface area contributed by atoms with Gasteiger partial charge in [0.05, 0.1) is 5.60 Å². The van der Waals surface area contributed by atoms with Gasteiger partial charge in [-0.3, -0.25) is 4.79 Å². The molecule has 1 amide bonds. The molecule has 25 heavy (non-hydrogen) atoms. The number of para-hydroxylation sites is 2. The summed E-state index contributed by atoms with van der Waals surface area (Å²) in [5.74, 6) is 0.0931. The molecular weight excluding hydrogens is 318 g/mol. The van der Waals surface area contributed by atoms with E-state index >= 15 is 0 Å². The third-order valence-corrected chi connectivity index (χ3v) is 5.28. The van der Waals surface area contributed by atoms with E-state index in [-0.39, 0.29) is 24.3 Å². The number of anilines is 1. The Kier molecular flexibility index (Phi) is 4.99. The molecule has 1 unspecified atom stereocenters. The molecule has 1 aliphatic heterocycles. The molecule has 6 heteroatoms. The van der Waals surface area contributed by atoms with Gasteiger partial charge in [-0.1, -0.05) is 26.0 Å². The highest BCUT2D eigenvalue weighted by Crippen LogP contribution is 2.26. The lowest BCUT2D eigenvalue weighted by atomic mass is 9.91. The Bertz CT molecular complexity index is 697. The number of hydrogen-bond acceptors (Lipinski definition) is 5. The van der Waals surface area contributed by atoms with Crippen molar-refractivity contribution in [1.29, 1.82) is 0 Å². The molecule has 0 spiro atoms. The van der Waals surface area contributed by atoms with Crippen LogP contribution < -0.4 is 10.2 Å². The number of piperidine rings is 1. The van der Waals surface area contributed by atoms with Crippen molar-refractivity contribution in [3.8, 4) is 0 Å². The average molecular weight is 345 g/mol. The van der Waals surface area contributed by atoms with Crippen molar-refractivity contribution in [3.63, 3.8) is 0 Å². The zero-order chi connectivity index (χ0) is 18.0. The minimum atomic E-state index is -0.880. The summed E-state index contributed by atoms with van der Waals surface area (Å²) in [5.41, 5.74) is 0.760. The smallest absolute Gasteiger partial charge is 0.298 e. The van der Waals surface area contributed by atoms with E-state index < -0.39 is 5.60 Å². The minimum Gasteiger partial charge on any atom is -0.423 e. The number of nitrogens with one attached hydrogen (secondary N) is 1. The number of amides is 1. The van der Waals surface area contributed by atoms with Crippen LogP contribution in [0.1, 0.15) is 33.6 Å². The lowest BCUT2D eigenvalue weighted by Gasteiger charge is -2.32. The van der Waals surface area contributed by atoms with Crippen molar-refractivity contribution < 1.29 is 14.3 Å². The van der Waals surface area contributed by atoms with E-state index in [1.165, 1.54) is 0 Å². The van der Waals surface area contributed by atoms with E-state index in [2.05, 4.69) is 15.2 Å². The molecule has 2 heterocycles. The SMILES string of the molecule is CC(C)C(C)(O)CNC(=O)C1CCN(c2nc3ccccc3o2)CC1. The van der Waals surface area contributed by atoms with Gasteiger partial charge in [0.2, 0.25) is 5.91 Å². The summed E-state index contributed by atoms with van der Waals surface area (Å²) in [7, 11) is 0. The molecular formula is C19H27N3O3. The molecule has 6 nitrogen and oxygen atoms in total. The van der Waals surface area contributed by atoms with E-state index in [0.29, 0.717) is 6.01 Å². The van der Waals surface area contributed by atoms with Gasteiger partial charge in [-0.2, -0.15) is 4.98 Å². The molecule has 2 N–H and O–H groups in total. The highest BCUT2D eigenvalue weighted by molar-refractivity contribution is 5.79. The second-order valence-electron chi connectivity index (χ2n) is 7.46. The van der Waals surface area contributed by atoms with Crippen LogP contribution in [-0.4, -0.2) is 41.2 Å². The Hall–Kier alpha value is -2.08. The third kappa shape index (κ3) is 3.95. The second-order valence-corrected chi connectivity index (χ2v) is 7.46. The molecule has 1 aliphatic rings. The van der Waals surface area contributed by atoms with E-state index in [9.17, 15) is 9.90 Å². The first-order valence-corrected chi connectivity index (χ1v) is 8.97.